The van der Waals surface area contributed by atoms with Crippen molar-refractivity contribution in [2.45, 2.75) is 13.0 Å². The Morgan fingerprint density at radius 2 is 2.32 bits per heavy atom. The molecule has 0 radical (unpaired) electrons. The predicted molar refractivity (Wildman–Crippen MR) is 69.6 cm³/mol. The van der Waals surface area contributed by atoms with Crippen LogP contribution in [0.3, 0.4) is 0 Å². The van der Waals surface area contributed by atoms with E-state index in [1.54, 1.807) is 11.9 Å². The fraction of sp³-hybridized carbons (Fsp3) is 0.308. The number of fused-ring (bicyclic) bond motifs is 1. The van der Waals surface area contributed by atoms with Gasteiger partial charge in [-0.05, 0) is 30.8 Å². The normalized spacial score (nSPS) is 14.0. The number of hydrogen-bond donors (Lipinski definition) is 1. The minimum Gasteiger partial charge on any atom is -0.338 e. The van der Waals surface area contributed by atoms with Crippen LogP contribution in [0.1, 0.15) is 11.5 Å². The van der Waals surface area contributed by atoms with Crippen LogP contribution in [0.5, 0.6) is 0 Å². The number of carbonyl (C=O) groups is 1. The molecule has 0 fully saturated rings. The van der Waals surface area contributed by atoms with Gasteiger partial charge in [-0.25, -0.2) is 0 Å². The van der Waals surface area contributed by atoms with Gasteiger partial charge in [-0.2, -0.15) is 4.98 Å². The molecule has 0 aliphatic carbocycles. The Hall–Kier alpha value is -2.21. The highest BCUT2D eigenvalue weighted by atomic mass is 16.5. The molecule has 6 nitrogen and oxygen atoms in total. The molecule has 0 saturated carbocycles. The molecule has 1 aliphatic rings. The molecule has 0 spiro atoms. The summed E-state index contributed by atoms with van der Waals surface area (Å²) in [6, 6.07) is 5.77. The van der Waals surface area contributed by atoms with Crippen LogP contribution in [0, 0.1) is 0 Å². The van der Waals surface area contributed by atoms with Gasteiger partial charge in [0.2, 0.25) is 17.6 Å². The molecule has 0 unspecified atom stereocenters. The van der Waals surface area contributed by atoms with Gasteiger partial charge >= 0.3 is 0 Å². The molecule has 1 aliphatic heterocycles. The molecule has 2 heterocycles. The monoisotopic (exact) mass is 258 g/mol. The number of aromatic nitrogens is 2. The summed E-state index contributed by atoms with van der Waals surface area (Å²) in [5.74, 6) is 1.21. The second-order valence-electron chi connectivity index (χ2n) is 4.52. The molecule has 0 saturated heterocycles. The molecular weight excluding hydrogens is 244 g/mol. The van der Waals surface area contributed by atoms with E-state index in [2.05, 4.69) is 15.5 Å². The van der Waals surface area contributed by atoms with Crippen molar-refractivity contribution >= 4 is 11.6 Å². The van der Waals surface area contributed by atoms with E-state index in [9.17, 15) is 4.79 Å². The maximum atomic E-state index is 11.6. The van der Waals surface area contributed by atoms with Crippen LogP contribution in [0.2, 0.25) is 0 Å². The Labute approximate surface area is 110 Å². The third-order valence-corrected chi connectivity index (χ3v) is 3.21. The molecule has 1 aromatic heterocycles. The van der Waals surface area contributed by atoms with E-state index in [0.29, 0.717) is 24.7 Å². The average molecular weight is 258 g/mol. The first-order valence-electron chi connectivity index (χ1n) is 6.06. The summed E-state index contributed by atoms with van der Waals surface area (Å²) in [5, 5.41) is 6.90. The SMILES string of the molecule is CNCc1nc(-c2ccc3c(c2)CC(=O)N3C)no1. The summed E-state index contributed by atoms with van der Waals surface area (Å²) in [4.78, 5) is 17.6. The molecule has 3 rings (SSSR count). The highest BCUT2D eigenvalue weighted by molar-refractivity contribution is 6.01. The first-order valence-corrected chi connectivity index (χ1v) is 6.06. The van der Waals surface area contributed by atoms with Crippen LogP contribution in [0.15, 0.2) is 22.7 Å². The van der Waals surface area contributed by atoms with E-state index >= 15 is 0 Å². The molecule has 19 heavy (non-hydrogen) atoms. The maximum Gasteiger partial charge on any atom is 0.240 e. The first-order chi connectivity index (χ1) is 9.19. The van der Waals surface area contributed by atoms with Crippen LogP contribution < -0.4 is 10.2 Å². The van der Waals surface area contributed by atoms with E-state index in [1.807, 2.05) is 25.2 Å². The van der Waals surface area contributed by atoms with Crippen LogP contribution >= 0.6 is 0 Å². The lowest BCUT2D eigenvalue weighted by Crippen LogP contribution is -2.20. The lowest BCUT2D eigenvalue weighted by Gasteiger charge is -2.09. The van der Waals surface area contributed by atoms with Crippen molar-refractivity contribution in [1.82, 2.24) is 15.5 Å². The number of hydrogen-bond acceptors (Lipinski definition) is 5. The van der Waals surface area contributed by atoms with Crippen molar-refractivity contribution < 1.29 is 9.32 Å². The number of benzene rings is 1. The third kappa shape index (κ3) is 2.00. The van der Waals surface area contributed by atoms with Gasteiger partial charge in [0.05, 0.1) is 13.0 Å². The van der Waals surface area contributed by atoms with E-state index in [0.717, 1.165) is 16.8 Å². The van der Waals surface area contributed by atoms with Gasteiger partial charge in [0.15, 0.2) is 0 Å². The summed E-state index contributed by atoms with van der Waals surface area (Å²) in [6.07, 6.45) is 0.431. The zero-order chi connectivity index (χ0) is 13.4. The van der Waals surface area contributed by atoms with E-state index in [1.165, 1.54) is 0 Å². The molecule has 98 valence electrons. The topological polar surface area (TPSA) is 71.3 Å². The summed E-state index contributed by atoms with van der Waals surface area (Å²) >= 11 is 0. The molecular formula is C13H14N4O2. The van der Waals surface area contributed by atoms with Gasteiger partial charge in [0.25, 0.3) is 0 Å². The van der Waals surface area contributed by atoms with Crippen LogP contribution in [-0.2, 0) is 17.8 Å². The van der Waals surface area contributed by atoms with Crippen LogP contribution in [0.25, 0.3) is 11.4 Å². The molecule has 1 N–H and O–H groups in total. The highest BCUT2D eigenvalue weighted by Gasteiger charge is 2.24. The molecule has 2 aromatic rings. The Balaban J connectivity index is 1.94. The Morgan fingerprint density at radius 1 is 1.47 bits per heavy atom. The highest BCUT2D eigenvalue weighted by Crippen LogP contribution is 2.31. The van der Waals surface area contributed by atoms with Crippen molar-refractivity contribution in [3.63, 3.8) is 0 Å². The summed E-state index contributed by atoms with van der Waals surface area (Å²) in [5.41, 5.74) is 2.82. The zero-order valence-corrected chi connectivity index (χ0v) is 10.8. The molecule has 1 aromatic carbocycles. The van der Waals surface area contributed by atoms with Gasteiger partial charge in [0.1, 0.15) is 0 Å². The zero-order valence-electron chi connectivity index (χ0n) is 10.8. The van der Waals surface area contributed by atoms with Crippen molar-refractivity contribution in [3.8, 4) is 11.4 Å². The van der Waals surface area contributed by atoms with Gasteiger partial charge in [-0.3, -0.25) is 4.79 Å². The first kappa shape index (κ1) is 11.9. The number of carbonyl (C=O) groups excluding carboxylic acids is 1. The Kier molecular flexibility index (Phi) is 2.79. The van der Waals surface area contributed by atoms with Crippen molar-refractivity contribution in [1.29, 1.82) is 0 Å². The number of amides is 1. The minimum absolute atomic E-state index is 0.108. The van der Waals surface area contributed by atoms with Gasteiger partial charge in [-0.1, -0.05) is 5.16 Å². The lowest BCUT2D eigenvalue weighted by molar-refractivity contribution is -0.117. The third-order valence-electron chi connectivity index (χ3n) is 3.21. The maximum absolute atomic E-state index is 11.6. The van der Waals surface area contributed by atoms with E-state index < -0.39 is 0 Å². The second kappa shape index (κ2) is 4.47. The predicted octanol–water partition coefficient (Wildman–Crippen LogP) is 0.975. The summed E-state index contributed by atoms with van der Waals surface area (Å²) < 4.78 is 5.12. The molecule has 0 bridgehead atoms. The van der Waals surface area contributed by atoms with Crippen molar-refractivity contribution in [2.24, 2.45) is 0 Å². The number of anilines is 1. The fourth-order valence-corrected chi connectivity index (χ4v) is 2.20. The Morgan fingerprint density at radius 3 is 3.11 bits per heavy atom. The quantitative estimate of drug-likeness (QED) is 0.888. The average Bonchev–Trinajstić information content (AvgIpc) is 2.96. The van der Waals surface area contributed by atoms with Crippen molar-refractivity contribution in [3.05, 3.63) is 29.7 Å². The fourth-order valence-electron chi connectivity index (χ4n) is 2.20. The second-order valence-corrected chi connectivity index (χ2v) is 4.52. The largest absolute Gasteiger partial charge is 0.338 e. The van der Waals surface area contributed by atoms with Gasteiger partial charge in [-0.15, -0.1) is 0 Å². The number of nitrogens with zero attached hydrogens (tertiary/aromatic N) is 3. The summed E-state index contributed by atoms with van der Waals surface area (Å²) in [6.45, 7) is 0.541. The summed E-state index contributed by atoms with van der Waals surface area (Å²) in [7, 11) is 3.61. The number of rotatable bonds is 3. The molecule has 6 heteroatoms. The van der Waals surface area contributed by atoms with Gasteiger partial charge < -0.3 is 14.7 Å². The minimum atomic E-state index is 0.108. The number of likely N-dealkylation sites (N-methyl/N-ethyl adjacent to an activating group) is 1. The van der Waals surface area contributed by atoms with Gasteiger partial charge in [0, 0.05) is 18.3 Å². The van der Waals surface area contributed by atoms with E-state index in [4.69, 9.17) is 4.52 Å². The molecule has 1 amide bonds. The lowest BCUT2D eigenvalue weighted by atomic mass is 10.1. The smallest absolute Gasteiger partial charge is 0.240 e. The Bertz CT molecular complexity index is 635. The van der Waals surface area contributed by atoms with Crippen LogP contribution in [-0.4, -0.2) is 30.1 Å². The number of nitrogens with one attached hydrogen (secondary N) is 1. The van der Waals surface area contributed by atoms with Crippen molar-refractivity contribution in [2.75, 3.05) is 19.0 Å². The standard InChI is InChI=1S/C13H14N4O2/c1-14-7-11-15-13(16-19-11)8-3-4-10-9(5-8)6-12(18)17(10)2/h3-5,14H,6-7H2,1-2H3. The van der Waals surface area contributed by atoms with E-state index in [-0.39, 0.29) is 5.91 Å². The molecule has 0 atom stereocenters. The van der Waals surface area contributed by atoms with Crippen LogP contribution in [0.4, 0.5) is 5.69 Å².